The van der Waals surface area contributed by atoms with E-state index in [-0.39, 0.29) is 4.75 Å². The van der Waals surface area contributed by atoms with Crippen LogP contribution in [0.15, 0.2) is 6.07 Å². The predicted octanol–water partition coefficient (Wildman–Crippen LogP) is 4.01. The van der Waals surface area contributed by atoms with Crippen LogP contribution in [0.5, 0.6) is 0 Å². The second-order valence-electron chi connectivity index (χ2n) is 4.87. The molecule has 2 aliphatic heterocycles. The third-order valence-corrected chi connectivity index (χ3v) is 7.31. The highest BCUT2D eigenvalue weighted by Crippen LogP contribution is 2.42. The number of Topliss-reactive ketones (excluding diaryl/α,β-unsaturated/α-hetero) is 1. The van der Waals surface area contributed by atoms with Gasteiger partial charge in [0.05, 0.1) is 9.62 Å². The maximum absolute atomic E-state index is 12.6. The van der Waals surface area contributed by atoms with Crippen LogP contribution in [0.4, 0.5) is 0 Å². The highest BCUT2D eigenvalue weighted by molar-refractivity contribution is 8.01. The SMILES string of the molecule is CC1(C(=O)c2cc3c(s2)CCSC3)CCCS1. The molecule has 1 nitrogen and oxygen atoms in total. The van der Waals surface area contributed by atoms with Crippen LogP contribution in [-0.4, -0.2) is 22.0 Å². The summed E-state index contributed by atoms with van der Waals surface area (Å²) in [6.07, 6.45) is 3.39. The van der Waals surface area contributed by atoms with Crippen molar-refractivity contribution in [2.75, 3.05) is 11.5 Å². The fourth-order valence-corrected chi connectivity index (χ4v) is 6.25. The van der Waals surface area contributed by atoms with E-state index in [2.05, 4.69) is 13.0 Å². The van der Waals surface area contributed by atoms with E-state index in [4.69, 9.17) is 0 Å². The highest BCUT2D eigenvalue weighted by atomic mass is 32.2. The Morgan fingerprint density at radius 3 is 3.00 bits per heavy atom. The predicted molar refractivity (Wildman–Crippen MR) is 78.6 cm³/mol. The lowest BCUT2D eigenvalue weighted by Crippen LogP contribution is -2.27. The first-order chi connectivity index (χ1) is 8.19. The molecule has 0 aliphatic carbocycles. The van der Waals surface area contributed by atoms with Gasteiger partial charge in [-0.3, -0.25) is 4.79 Å². The number of rotatable bonds is 2. The molecule has 0 saturated carbocycles. The van der Waals surface area contributed by atoms with Crippen molar-refractivity contribution >= 4 is 40.6 Å². The summed E-state index contributed by atoms with van der Waals surface area (Å²) in [5, 5.41) is 0. The summed E-state index contributed by atoms with van der Waals surface area (Å²) in [6.45, 7) is 2.13. The van der Waals surface area contributed by atoms with E-state index in [1.54, 1.807) is 11.3 Å². The zero-order valence-electron chi connectivity index (χ0n) is 9.95. The fourth-order valence-electron chi connectivity index (χ4n) is 2.48. The number of hydrogen-bond acceptors (Lipinski definition) is 4. The van der Waals surface area contributed by atoms with E-state index < -0.39 is 0 Å². The summed E-state index contributed by atoms with van der Waals surface area (Å²) in [5.41, 5.74) is 1.42. The standard InChI is InChI=1S/C13H16OS3/c1-13(4-2-5-16-13)12(14)11-7-9-8-15-6-3-10(9)17-11/h7H,2-6,8H2,1H3. The van der Waals surface area contributed by atoms with Gasteiger partial charge in [-0.25, -0.2) is 0 Å². The minimum Gasteiger partial charge on any atom is -0.292 e. The molecule has 1 atom stereocenters. The Bertz CT molecular complexity index is 420. The molecule has 0 amide bonds. The Morgan fingerprint density at radius 1 is 1.41 bits per heavy atom. The Morgan fingerprint density at radius 2 is 2.29 bits per heavy atom. The van der Waals surface area contributed by atoms with Gasteiger partial charge in [0.1, 0.15) is 0 Å². The lowest BCUT2D eigenvalue weighted by Gasteiger charge is -2.19. The van der Waals surface area contributed by atoms with Gasteiger partial charge < -0.3 is 0 Å². The first-order valence-corrected chi connectivity index (χ1v) is 9.03. The number of hydrogen-bond donors (Lipinski definition) is 0. The van der Waals surface area contributed by atoms with Crippen LogP contribution in [0.25, 0.3) is 0 Å². The van der Waals surface area contributed by atoms with Crippen LogP contribution < -0.4 is 0 Å². The Hall–Kier alpha value is 0.0700. The van der Waals surface area contributed by atoms with Crippen LogP contribution in [0, 0.1) is 0 Å². The monoisotopic (exact) mass is 284 g/mol. The molecule has 1 aromatic heterocycles. The molecule has 1 aromatic rings. The molecular formula is C13H16OS3. The van der Waals surface area contributed by atoms with Crippen LogP contribution in [0.1, 0.15) is 39.9 Å². The average Bonchev–Trinajstić information content (AvgIpc) is 2.94. The third-order valence-electron chi connectivity index (χ3n) is 3.55. The summed E-state index contributed by atoms with van der Waals surface area (Å²) in [6, 6.07) is 2.17. The second kappa shape index (κ2) is 4.63. The first kappa shape index (κ1) is 12.1. The first-order valence-electron chi connectivity index (χ1n) is 6.07. The van der Waals surface area contributed by atoms with Crippen molar-refractivity contribution in [1.82, 2.24) is 0 Å². The molecule has 0 N–H and O–H groups in total. The van der Waals surface area contributed by atoms with Crippen molar-refractivity contribution < 1.29 is 4.79 Å². The van der Waals surface area contributed by atoms with E-state index in [0.29, 0.717) is 5.78 Å². The number of thiophene rings is 1. The number of fused-ring (bicyclic) bond motifs is 1. The number of aryl methyl sites for hydroxylation is 1. The summed E-state index contributed by atoms with van der Waals surface area (Å²) >= 11 is 5.58. The summed E-state index contributed by atoms with van der Waals surface area (Å²) < 4.78 is -0.138. The molecule has 17 heavy (non-hydrogen) atoms. The molecule has 92 valence electrons. The number of thioether (sulfide) groups is 2. The van der Waals surface area contributed by atoms with Crippen molar-refractivity contribution in [3.63, 3.8) is 0 Å². The molecule has 1 unspecified atom stereocenters. The minimum atomic E-state index is -0.138. The largest absolute Gasteiger partial charge is 0.292 e. The van der Waals surface area contributed by atoms with Crippen LogP contribution in [-0.2, 0) is 12.2 Å². The van der Waals surface area contributed by atoms with Gasteiger partial charge in [0.15, 0.2) is 5.78 Å². The van der Waals surface area contributed by atoms with Crippen LogP contribution in [0.2, 0.25) is 0 Å². The van der Waals surface area contributed by atoms with Gasteiger partial charge in [0.2, 0.25) is 0 Å². The topological polar surface area (TPSA) is 17.1 Å². The molecule has 4 heteroatoms. The summed E-state index contributed by atoms with van der Waals surface area (Å²) in [4.78, 5) is 15.0. The maximum atomic E-state index is 12.6. The number of carbonyl (C=O) groups excluding carboxylic acids is 1. The molecule has 1 saturated heterocycles. The number of ketones is 1. The summed E-state index contributed by atoms with van der Waals surface area (Å²) in [7, 11) is 0. The van der Waals surface area contributed by atoms with Gasteiger partial charge in [0.25, 0.3) is 0 Å². The molecule has 0 bridgehead atoms. The average molecular weight is 284 g/mol. The van der Waals surface area contributed by atoms with E-state index >= 15 is 0 Å². The number of carbonyl (C=O) groups is 1. The quantitative estimate of drug-likeness (QED) is 0.764. The van der Waals surface area contributed by atoms with Crippen molar-refractivity contribution in [3.05, 3.63) is 21.4 Å². The van der Waals surface area contributed by atoms with Crippen molar-refractivity contribution in [1.29, 1.82) is 0 Å². The molecule has 2 aliphatic rings. The smallest absolute Gasteiger partial charge is 0.188 e. The van der Waals surface area contributed by atoms with Gasteiger partial charge in [-0.2, -0.15) is 11.8 Å². The lowest BCUT2D eigenvalue weighted by atomic mass is 9.99. The molecule has 0 radical (unpaired) electrons. The fraction of sp³-hybridized carbons (Fsp3) is 0.615. The molecule has 0 aromatic carbocycles. The molecule has 0 spiro atoms. The van der Waals surface area contributed by atoms with Gasteiger partial charge in [-0.15, -0.1) is 23.1 Å². The third kappa shape index (κ3) is 2.20. The normalized spacial score (nSPS) is 28.1. The van der Waals surface area contributed by atoms with Crippen LogP contribution in [0.3, 0.4) is 0 Å². The van der Waals surface area contributed by atoms with Crippen LogP contribution >= 0.6 is 34.9 Å². The highest BCUT2D eigenvalue weighted by Gasteiger charge is 2.38. The van der Waals surface area contributed by atoms with Gasteiger partial charge in [-0.05, 0) is 49.3 Å². The Kier molecular flexibility index (Phi) is 3.30. The molecule has 1 fully saturated rings. The van der Waals surface area contributed by atoms with E-state index in [0.717, 1.165) is 29.2 Å². The van der Waals surface area contributed by atoms with E-state index in [9.17, 15) is 4.79 Å². The van der Waals surface area contributed by atoms with E-state index in [1.165, 1.54) is 22.6 Å². The molecule has 3 rings (SSSR count). The van der Waals surface area contributed by atoms with Crippen molar-refractivity contribution in [3.8, 4) is 0 Å². The maximum Gasteiger partial charge on any atom is 0.188 e. The van der Waals surface area contributed by atoms with Gasteiger partial charge >= 0.3 is 0 Å². The van der Waals surface area contributed by atoms with Crippen molar-refractivity contribution in [2.24, 2.45) is 0 Å². The van der Waals surface area contributed by atoms with Gasteiger partial charge in [0, 0.05) is 10.6 Å². The molecule has 3 heterocycles. The lowest BCUT2D eigenvalue weighted by molar-refractivity contribution is 0.0953. The second-order valence-corrected chi connectivity index (χ2v) is 8.71. The van der Waals surface area contributed by atoms with Crippen molar-refractivity contribution in [2.45, 2.75) is 36.7 Å². The summed E-state index contributed by atoms with van der Waals surface area (Å²) in [5.74, 6) is 3.84. The molecular weight excluding hydrogens is 268 g/mol. The Labute approximate surface area is 115 Å². The Balaban J connectivity index is 1.88. The van der Waals surface area contributed by atoms with Gasteiger partial charge in [-0.1, -0.05) is 0 Å². The minimum absolute atomic E-state index is 0.138. The zero-order valence-corrected chi connectivity index (χ0v) is 12.4. The van der Waals surface area contributed by atoms with E-state index in [1.807, 2.05) is 23.5 Å². The zero-order chi connectivity index (χ0) is 11.9.